The summed E-state index contributed by atoms with van der Waals surface area (Å²) in [4.78, 5) is 16.9. The number of esters is 1. The number of hydrogen-bond donors (Lipinski definition) is 1. The summed E-state index contributed by atoms with van der Waals surface area (Å²) in [5, 5.41) is 13.5. The van der Waals surface area contributed by atoms with E-state index in [-0.39, 0.29) is 11.9 Å². The summed E-state index contributed by atoms with van der Waals surface area (Å²) in [5.41, 5.74) is 0. The monoisotopic (exact) mass is 449 g/mol. The van der Waals surface area contributed by atoms with E-state index in [2.05, 4.69) is 15.0 Å². The summed E-state index contributed by atoms with van der Waals surface area (Å²) >= 11 is 0. The largest absolute Gasteiger partial charge is 0.468 e. The van der Waals surface area contributed by atoms with Gasteiger partial charge in [0.2, 0.25) is 0 Å². The number of aliphatic hydroxyl groups is 1. The molecule has 32 heavy (non-hydrogen) atoms. The predicted molar refractivity (Wildman–Crippen MR) is 121 cm³/mol. The molecule has 1 N–H and O–H groups in total. The number of hydrogen-bond acceptors (Lipinski definition) is 8. The molecule has 1 unspecified atom stereocenters. The third kappa shape index (κ3) is 5.29. The first kappa shape index (κ1) is 23.5. The first-order valence-corrected chi connectivity index (χ1v) is 12.3. The van der Waals surface area contributed by atoms with Crippen molar-refractivity contribution in [3.05, 3.63) is 11.8 Å². The third-order valence-corrected chi connectivity index (χ3v) is 7.56. The Morgan fingerprint density at radius 2 is 1.78 bits per heavy atom. The van der Waals surface area contributed by atoms with Gasteiger partial charge in [-0.05, 0) is 50.4 Å². The minimum atomic E-state index is -0.428. The molecule has 1 aromatic heterocycles. The van der Waals surface area contributed by atoms with Gasteiger partial charge in [-0.2, -0.15) is 0 Å². The lowest BCUT2D eigenvalue weighted by Crippen LogP contribution is -2.50. The highest BCUT2D eigenvalue weighted by molar-refractivity contribution is 5.77. The van der Waals surface area contributed by atoms with Crippen molar-refractivity contribution < 1.29 is 23.9 Å². The second-order valence-corrected chi connectivity index (χ2v) is 10.1. The fourth-order valence-corrected chi connectivity index (χ4v) is 5.44. The average Bonchev–Trinajstić information content (AvgIpc) is 3.24. The Balaban J connectivity index is 1.21. The first-order valence-electron chi connectivity index (χ1n) is 12.3. The summed E-state index contributed by atoms with van der Waals surface area (Å²) in [7, 11) is 1.41. The van der Waals surface area contributed by atoms with Gasteiger partial charge in [0.05, 0.1) is 19.3 Å². The van der Waals surface area contributed by atoms with E-state index in [9.17, 15) is 9.90 Å². The highest BCUT2D eigenvalue weighted by atomic mass is 16.5. The van der Waals surface area contributed by atoms with E-state index in [4.69, 9.17) is 14.0 Å². The van der Waals surface area contributed by atoms with E-state index in [0.717, 1.165) is 70.5 Å². The number of likely N-dealkylation sites (tertiary alicyclic amines) is 1. The smallest absolute Gasteiger partial charge is 0.316 e. The van der Waals surface area contributed by atoms with Gasteiger partial charge in [-0.25, -0.2) is 0 Å². The normalized spacial score (nSPS) is 26.8. The molecule has 0 radical (unpaired) electrons. The Hall–Kier alpha value is -1.64. The van der Waals surface area contributed by atoms with E-state index in [1.807, 2.05) is 19.9 Å². The molecule has 180 valence electrons. The van der Waals surface area contributed by atoms with Gasteiger partial charge < -0.3 is 28.9 Å². The Morgan fingerprint density at radius 1 is 1.16 bits per heavy atom. The molecule has 3 heterocycles. The Morgan fingerprint density at radius 3 is 2.34 bits per heavy atom. The van der Waals surface area contributed by atoms with Crippen molar-refractivity contribution in [2.75, 3.05) is 44.8 Å². The molecule has 1 saturated carbocycles. The van der Waals surface area contributed by atoms with Gasteiger partial charge in [0.15, 0.2) is 11.6 Å². The fraction of sp³-hybridized carbons (Fsp3) is 0.833. The molecule has 0 amide bonds. The maximum Gasteiger partial charge on any atom is 0.316 e. The zero-order valence-electron chi connectivity index (χ0n) is 19.7. The maximum absolute atomic E-state index is 12.1. The zero-order chi connectivity index (χ0) is 22.7. The van der Waals surface area contributed by atoms with Crippen LogP contribution >= 0.6 is 0 Å². The minimum absolute atomic E-state index is 0.0780. The molecule has 1 aromatic rings. The molecule has 4 rings (SSSR count). The van der Waals surface area contributed by atoms with Crippen molar-refractivity contribution in [3.63, 3.8) is 0 Å². The van der Waals surface area contributed by atoms with Crippen molar-refractivity contribution in [2.24, 2.45) is 11.8 Å². The average molecular weight is 450 g/mol. The molecule has 3 aliphatic rings. The number of nitrogens with zero attached hydrogens (tertiary/aromatic N) is 3. The zero-order valence-corrected chi connectivity index (χ0v) is 19.7. The van der Waals surface area contributed by atoms with Crippen molar-refractivity contribution in [1.82, 2.24) is 10.1 Å². The second-order valence-electron chi connectivity index (χ2n) is 10.1. The van der Waals surface area contributed by atoms with Crippen LogP contribution in [0.5, 0.6) is 0 Å². The predicted octanol–water partition coefficient (Wildman–Crippen LogP) is 2.81. The third-order valence-electron chi connectivity index (χ3n) is 7.56. The van der Waals surface area contributed by atoms with E-state index < -0.39 is 5.92 Å². The molecule has 8 heteroatoms. The summed E-state index contributed by atoms with van der Waals surface area (Å²) in [6.07, 6.45) is 7.15. The van der Waals surface area contributed by atoms with Crippen molar-refractivity contribution in [2.45, 2.75) is 76.5 Å². The molecule has 2 saturated heterocycles. The van der Waals surface area contributed by atoms with Gasteiger partial charge in [-0.1, -0.05) is 19.0 Å². The van der Waals surface area contributed by atoms with Crippen LogP contribution in [0.2, 0.25) is 0 Å². The molecule has 2 aliphatic heterocycles. The first-order chi connectivity index (χ1) is 15.5. The summed E-state index contributed by atoms with van der Waals surface area (Å²) < 4.78 is 16.9. The number of ether oxygens (including phenoxy) is 2. The molecule has 0 aromatic carbocycles. The molecule has 0 spiro atoms. The van der Waals surface area contributed by atoms with Crippen LogP contribution in [0.3, 0.4) is 0 Å². The number of carbonyl (C=O) groups excluding carboxylic acids is 1. The van der Waals surface area contributed by atoms with Crippen LogP contribution in [-0.4, -0.2) is 79.3 Å². The fourth-order valence-electron chi connectivity index (χ4n) is 5.44. The number of carbonyl (C=O) groups is 1. The Bertz CT molecular complexity index is 732. The van der Waals surface area contributed by atoms with Crippen molar-refractivity contribution in [3.8, 4) is 0 Å². The summed E-state index contributed by atoms with van der Waals surface area (Å²) in [6, 6.07) is 2.57. The van der Waals surface area contributed by atoms with Gasteiger partial charge in [0, 0.05) is 44.9 Å². The molecular formula is C24H39N3O5. The molecule has 1 atom stereocenters. The lowest BCUT2D eigenvalue weighted by Gasteiger charge is -2.45. The van der Waals surface area contributed by atoms with Crippen LogP contribution in [0, 0.1) is 11.8 Å². The van der Waals surface area contributed by atoms with Crippen LogP contribution in [0.25, 0.3) is 0 Å². The standard InChI is InChI=1S/C24H39N3O5/c1-16(2)23(24(29)30-3)21-14-22(25-32-21)27-10-6-20(7-11-27)31-19-4-8-26(9-5-19)18-12-17(13-18)15-28/h14,16-20,23,28H,4-13,15H2,1-3H3. The number of methoxy groups -OCH3 is 1. The molecule has 1 aliphatic carbocycles. The number of aromatic nitrogens is 1. The Kier molecular flexibility index (Phi) is 7.74. The summed E-state index contributed by atoms with van der Waals surface area (Å²) in [6.45, 7) is 8.30. The van der Waals surface area contributed by atoms with E-state index in [1.165, 1.54) is 7.11 Å². The molecule has 0 bridgehead atoms. The SMILES string of the molecule is COC(=O)C(c1cc(N2CCC(OC3CCN(C4CC(CO)C4)CC3)CC2)no1)C(C)C. The van der Waals surface area contributed by atoms with Gasteiger partial charge >= 0.3 is 5.97 Å². The number of aliphatic hydroxyl groups excluding tert-OH is 1. The van der Waals surface area contributed by atoms with Gasteiger partial charge in [0.25, 0.3) is 0 Å². The van der Waals surface area contributed by atoms with Gasteiger partial charge in [0.1, 0.15) is 5.92 Å². The van der Waals surface area contributed by atoms with E-state index in [1.54, 1.807) is 0 Å². The number of anilines is 1. The quantitative estimate of drug-likeness (QED) is 0.606. The van der Waals surface area contributed by atoms with Crippen LogP contribution in [-0.2, 0) is 14.3 Å². The van der Waals surface area contributed by atoms with Gasteiger partial charge in [-0.15, -0.1) is 0 Å². The topological polar surface area (TPSA) is 88.3 Å². The lowest BCUT2D eigenvalue weighted by molar-refractivity contribution is -0.144. The van der Waals surface area contributed by atoms with Crippen LogP contribution in [0.15, 0.2) is 10.6 Å². The van der Waals surface area contributed by atoms with Crippen molar-refractivity contribution in [1.29, 1.82) is 0 Å². The van der Waals surface area contributed by atoms with E-state index in [0.29, 0.717) is 36.5 Å². The van der Waals surface area contributed by atoms with Crippen molar-refractivity contribution >= 4 is 11.8 Å². The van der Waals surface area contributed by atoms with Crippen LogP contribution in [0.1, 0.15) is 64.1 Å². The summed E-state index contributed by atoms with van der Waals surface area (Å²) in [5.74, 6) is 1.26. The lowest BCUT2D eigenvalue weighted by atomic mass is 9.79. The molecule has 3 fully saturated rings. The molecular weight excluding hydrogens is 410 g/mol. The van der Waals surface area contributed by atoms with Crippen LogP contribution < -0.4 is 4.90 Å². The second kappa shape index (κ2) is 10.5. The number of rotatable bonds is 8. The van der Waals surface area contributed by atoms with Crippen LogP contribution in [0.4, 0.5) is 5.82 Å². The highest BCUT2D eigenvalue weighted by Crippen LogP contribution is 2.34. The van der Waals surface area contributed by atoms with Gasteiger partial charge in [-0.3, -0.25) is 4.79 Å². The number of piperidine rings is 2. The molecule has 8 nitrogen and oxygen atoms in total. The maximum atomic E-state index is 12.1. The minimum Gasteiger partial charge on any atom is -0.468 e. The highest BCUT2D eigenvalue weighted by Gasteiger charge is 2.36. The van der Waals surface area contributed by atoms with E-state index >= 15 is 0 Å². The Labute approximate surface area is 191 Å².